The van der Waals surface area contributed by atoms with Gasteiger partial charge >= 0.3 is 0 Å². The summed E-state index contributed by atoms with van der Waals surface area (Å²) in [5.74, 6) is -5.03. The molecule has 1 amide bonds. The summed E-state index contributed by atoms with van der Waals surface area (Å²) >= 11 is 0. The third-order valence-corrected chi connectivity index (χ3v) is 4.12. The molecule has 0 atom stereocenters. The fourth-order valence-electron chi connectivity index (χ4n) is 2.94. The van der Waals surface area contributed by atoms with E-state index >= 15 is 0 Å². The van der Waals surface area contributed by atoms with Gasteiger partial charge < -0.3 is 4.90 Å². The van der Waals surface area contributed by atoms with Crippen molar-refractivity contribution in [2.45, 2.75) is 39.3 Å². The third kappa shape index (κ3) is 2.68. The minimum Gasteiger partial charge on any atom is -0.334 e. The van der Waals surface area contributed by atoms with Crippen LogP contribution in [0.3, 0.4) is 0 Å². The Morgan fingerprint density at radius 2 is 1.88 bits per heavy atom. The van der Waals surface area contributed by atoms with E-state index in [9.17, 15) is 18.0 Å². The minimum absolute atomic E-state index is 0.175. The minimum atomic E-state index is -1.63. The van der Waals surface area contributed by atoms with Gasteiger partial charge in [0.05, 0.1) is 17.3 Å². The first-order chi connectivity index (χ1) is 11.2. The number of carbonyl (C=O) groups excluding carboxylic acids is 1. The SMILES string of the molecule is CC(C)(C)n1ncc2c1CCN(C(=O)c1ccc(F)c(F)c1F)C2. The second-order valence-electron chi connectivity index (χ2n) is 6.90. The quantitative estimate of drug-likeness (QED) is 0.749. The fourth-order valence-corrected chi connectivity index (χ4v) is 2.94. The van der Waals surface area contributed by atoms with Crippen molar-refractivity contribution in [3.05, 3.63) is 52.6 Å². The second-order valence-corrected chi connectivity index (χ2v) is 6.90. The number of halogens is 3. The van der Waals surface area contributed by atoms with Crippen molar-refractivity contribution in [2.75, 3.05) is 6.54 Å². The Morgan fingerprint density at radius 3 is 2.54 bits per heavy atom. The molecule has 0 unspecified atom stereocenters. The van der Waals surface area contributed by atoms with Gasteiger partial charge in [-0.1, -0.05) is 0 Å². The highest BCUT2D eigenvalue weighted by Gasteiger charge is 2.30. The predicted molar refractivity (Wildman–Crippen MR) is 82.0 cm³/mol. The van der Waals surface area contributed by atoms with Crippen LogP contribution in [0.25, 0.3) is 0 Å². The molecule has 24 heavy (non-hydrogen) atoms. The molecule has 0 spiro atoms. The highest BCUT2D eigenvalue weighted by Crippen LogP contribution is 2.26. The molecular weight excluding hydrogens is 319 g/mol. The summed E-state index contributed by atoms with van der Waals surface area (Å²) in [7, 11) is 0. The molecule has 1 aromatic carbocycles. The molecule has 1 aromatic heterocycles. The predicted octanol–water partition coefficient (Wildman–Crippen LogP) is 3.25. The maximum absolute atomic E-state index is 13.8. The van der Waals surface area contributed by atoms with E-state index in [0.29, 0.717) is 13.0 Å². The van der Waals surface area contributed by atoms with Crippen LogP contribution in [0.4, 0.5) is 13.2 Å². The van der Waals surface area contributed by atoms with Crippen molar-refractivity contribution < 1.29 is 18.0 Å². The van der Waals surface area contributed by atoms with Gasteiger partial charge in [-0.05, 0) is 32.9 Å². The van der Waals surface area contributed by atoms with Gasteiger partial charge in [-0.15, -0.1) is 0 Å². The van der Waals surface area contributed by atoms with Crippen LogP contribution in [0.15, 0.2) is 18.3 Å². The molecule has 0 fully saturated rings. The van der Waals surface area contributed by atoms with Crippen LogP contribution in [0.1, 0.15) is 42.4 Å². The summed E-state index contributed by atoms with van der Waals surface area (Å²) in [5.41, 5.74) is 1.29. The van der Waals surface area contributed by atoms with Crippen LogP contribution >= 0.6 is 0 Å². The summed E-state index contributed by atoms with van der Waals surface area (Å²) < 4.78 is 42.1. The Balaban J connectivity index is 1.87. The van der Waals surface area contributed by atoms with Crippen molar-refractivity contribution in [3.8, 4) is 0 Å². The monoisotopic (exact) mass is 337 g/mol. The summed E-state index contributed by atoms with van der Waals surface area (Å²) in [5, 5.41) is 4.37. The first kappa shape index (κ1) is 16.5. The van der Waals surface area contributed by atoms with Crippen LogP contribution in [-0.2, 0) is 18.5 Å². The van der Waals surface area contributed by atoms with E-state index in [1.807, 2.05) is 25.5 Å². The van der Waals surface area contributed by atoms with Crippen molar-refractivity contribution >= 4 is 5.91 Å². The van der Waals surface area contributed by atoms with Crippen molar-refractivity contribution in [1.29, 1.82) is 0 Å². The Bertz CT molecular complexity index is 808. The summed E-state index contributed by atoms with van der Waals surface area (Å²) in [6, 6.07) is 1.74. The Hall–Kier alpha value is -2.31. The smallest absolute Gasteiger partial charge is 0.257 e. The average molecular weight is 337 g/mol. The summed E-state index contributed by atoms with van der Waals surface area (Å²) in [6.45, 7) is 6.74. The molecule has 0 bridgehead atoms. The first-order valence-electron chi connectivity index (χ1n) is 7.69. The molecule has 3 rings (SSSR count). The van der Waals surface area contributed by atoms with E-state index in [2.05, 4.69) is 5.10 Å². The molecule has 0 saturated heterocycles. The van der Waals surface area contributed by atoms with Crippen LogP contribution in [0, 0.1) is 17.5 Å². The lowest BCUT2D eigenvalue weighted by Gasteiger charge is -2.30. The molecule has 2 aromatic rings. The number of rotatable bonds is 1. The molecule has 7 heteroatoms. The van der Waals surface area contributed by atoms with Crippen LogP contribution in [-0.4, -0.2) is 27.1 Å². The van der Waals surface area contributed by atoms with Gasteiger partial charge in [-0.25, -0.2) is 13.2 Å². The number of hydrogen-bond acceptors (Lipinski definition) is 2. The van der Waals surface area contributed by atoms with E-state index < -0.39 is 28.9 Å². The van der Waals surface area contributed by atoms with Gasteiger partial charge in [0.1, 0.15) is 0 Å². The fraction of sp³-hybridized carbons (Fsp3) is 0.412. The average Bonchev–Trinajstić information content (AvgIpc) is 2.95. The van der Waals surface area contributed by atoms with E-state index in [4.69, 9.17) is 0 Å². The Labute approximate surface area is 137 Å². The van der Waals surface area contributed by atoms with Crippen molar-refractivity contribution in [2.24, 2.45) is 0 Å². The number of nitrogens with zero attached hydrogens (tertiary/aromatic N) is 3. The highest BCUT2D eigenvalue weighted by atomic mass is 19.2. The standard InChI is InChI=1S/C17H18F3N3O/c1-17(2,3)23-13-6-7-22(9-10(13)8-21-23)16(24)11-4-5-12(18)15(20)14(11)19/h4-5,8H,6-7,9H2,1-3H3. The summed E-state index contributed by atoms with van der Waals surface area (Å²) in [4.78, 5) is 13.9. The Kier molecular flexibility index (Phi) is 3.89. The molecule has 0 saturated carbocycles. The maximum atomic E-state index is 13.8. The van der Waals surface area contributed by atoms with Gasteiger partial charge in [0.25, 0.3) is 5.91 Å². The topological polar surface area (TPSA) is 38.1 Å². The molecule has 0 aliphatic carbocycles. The number of amides is 1. The molecule has 4 nitrogen and oxygen atoms in total. The largest absolute Gasteiger partial charge is 0.334 e. The first-order valence-corrected chi connectivity index (χ1v) is 7.69. The molecular formula is C17H18F3N3O. The lowest BCUT2D eigenvalue weighted by molar-refractivity contribution is 0.0726. The van der Waals surface area contributed by atoms with E-state index in [0.717, 1.165) is 23.4 Å². The zero-order chi connectivity index (χ0) is 17.6. The number of hydrogen-bond donors (Lipinski definition) is 0. The van der Waals surface area contributed by atoms with Crippen LogP contribution in [0.5, 0.6) is 0 Å². The van der Waals surface area contributed by atoms with Crippen molar-refractivity contribution in [3.63, 3.8) is 0 Å². The molecule has 1 aliphatic rings. The van der Waals surface area contributed by atoms with E-state index in [-0.39, 0.29) is 12.1 Å². The third-order valence-electron chi connectivity index (χ3n) is 4.12. The number of carbonyl (C=O) groups is 1. The van der Waals surface area contributed by atoms with Gasteiger partial charge in [0.15, 0.2) is 17.5 Å². The number of aromatic nitrogens is 2. The van der Waals surface area contributed by atoms with Crippen LogP contribution < -0.4 is 0 Å². The molecule has 2 heterocycles. The zero-order valence-electron chi connectivity index (χ0n) is 13.7. The number of benzene rings is 1. The van der Waals surface area contributed by atoms with E-state index in [1.165, 1.54) is 4.90 Å². The lowest BCUT2D eigenvalue weighted by Crippen LogP contribution is -2.38. The zero-order valence-corrected chi connectivity index (χ0v) is 13.7. The summed E-state index contributed by atoms with van der Waals surface area (Å²) in [6.07, 6.45) is 2.27. The molecule has 0 N–H and O–H groups in total. The Morgan fingerprint density at radius 1 is 1.17 bits per heavy atom. The molecule has 128 valence electrons. The van der Waals surface area contributed by atoms with Gasteiger partial charge in [0, 0.05) is 30.8 Å². The van der Waals surface area contributed by atoms with Gasteiger partial charge in [-0.3, -0.25) is 9.48 Å². The van der Waals surface area contributed by atoms with Crippen molar-refractivity contribution in [1.82, 2.24) is 14.7 Å². The van der Waals surface area contributed by atoms with Gasteiger partial charge in [-0.2, -0.15) is 5.10 Å². The second kappa shape index (κ2) is 5.65. The normalized spacial score (nSPS) is 14.7. The molecule has 1 aliphatic heterocycles. The van der Waals surface area contributed by atoms with E-state index in [1.54, 1.807) is 6.20 Å². The van der Waals surface area contributed by atoms with Gasteiger partial charge in [0.2, 0.25) is 0 Å². The molecule has 0 radical (unpaired) electrons. The lowest BCUT2D eigenvalue weighted by atomic mass is 10.0. The maximum Gasteiger partial charge on any atom is 0.257 e. The highest BCUT2D eigenvalue weighted by molar-refractivity contribution is 5.94. The van der Waals surface area contributed by atoms with Crippen LogP contribution in [0.2, 0.25) is 0 Å². The number of fused-ring (bicyclic) bond motifs is 1.